The molecule has 0 unspecified atom stereocenters. The molecule has 1 fully saturated rings. The summed E-state index contributed by atoms with van der Waals surface area (Å²) in [5.41, 5.74) is 2.10. The van der Waals surface area contributed by atoms with Gasteiger partial charge in [0.1, 0.15) is 24.0 Å². The highest BCUT2D eigenvalue weighted by atomic mass is 16.6. The molecule has 4 atom stereocenters. The van der Waals surface area contributed by atoms with Gasteiger partial charge in [0.25, 0.3) is 0 Å². The molecule has 4 aromatic rings. The first kappa shape index (κ1) is 26.5. The van der Waals surface area contributed by atoms with Crippen LogP contribution in [0.1, 0.15) is 56.2 Å². The second-order valence-electron chi connectivity index (χ2n) is 9.41. The number of aliphatic hydroxyl groups excluding tert-OH is 2. The summed E-state index contributed by atoms with van der Waals surface area (Å²) in [6.45, 7) is 4.74. The fraction of sp³-hybridized carbons (Fsp3) is 0.500. The molecule has 15 heteroatoms. The number of anilines is 2. The molecule has 39 heavy (non-hydrogen) atoms. The van der Waals surface area contributed by atoms with Crippen molar-refractivity contribution in [3.8, 4) is 0 Å². The minimum Gasteiger partial charge on any atom is -0.411 e. The van der Waals surface area contributed by atoms with Gasteiger partial charge in [0.05, 0.1) is 24.6 Å². The van der Waals surface area contributed by atoms with Crippen LogP contribution in [0.4, 0.5) is 11.8 Å². The number of hydrogen-bond donors (Lipinski definition) is 5. The summed E-state index contributed by atoms with van der Waals surface area (Å²) in [5, 5.41) is 43.8. The van der Waals surface area contributed by atoms with Gasteiger partial charge in [-0.2, -0.15) is 9.97 Å². The highest BCUT2D eigenvalue weighted by Crippen LogP contribution is 2.40. The van der Waals surface area contributed by atoms with E-state index in [-0.39, 0.29) is 17.5 Å². The van der Waals surface area contributed by atoms with Gasteiger partial charge in [-0.05, 0) is 12.8 Å². The number of ether oxygens (including phenoxy) is 1. The van der Waals surface area contributed by atoms with Crippen LogP contribution in [0.2, 0.25) is 0 Å². The Morgan fingerprint density at radius 1 is 1.15 bits per heavy atom. The molecule has 0 bridgehead atoms. The fourth-order valence-electron chi connectivity index (χ4n) is 4.55. The van der Waals surface area contributed by atoms with Crippen molar-refractivity contribution in [3.63, 3.8) is 0 Å². The van der Waals surface area contributed by atoms with Crippen LogP contribution in [0, 0.1) is 0 Å². The summed E-state index contributed by atoms with van der Waals surface area (Å²) >= 11 is 0. The first-order valence-electron chi connectivity index (χ1n) is 12.8. The number of nitrogens with one attached hydrogen (secondary N) is 2. The van der Waals surface area contributed by atoms with E-state index in [4.69, 9.17) is 14.5 Å². The number of aryl methyl sites for hydroxylation is 1. The van der Waals surface area contributed by atoms with E-state index in [1.54, 1.807) is 10.9 Å². The Morgan fingerprint density at radius 2 is 1.97 bits per heavy atom. The van der Waals surface area contributed by atoms with Gasteiger partial charge < -0.3 is 39.9 Å². The van der Waals surface area contributed by atoms with Crippen LogP contribution in [0.25, 0.3) is 11.2 Å². The minimum atomic E-state index is -1.32. The summed E-state index contributed by atoms with van der Waals surface area (Å²) in [4.78, 5) is 18.2. The quantitative estimate of drug-likeness (QED) is 0.105. The molecule has 1 aliphatic rings. The van der Waals surface area contributed by atoms with Crippen molar-refractivity contribution in [2.24, 2.45) is 12.2 Å². The first-order chi connectivity index (χ1) is 18.9. The van der Waals surface area contributed by atoms with Crippen LogP contribution in [-0.2, 0) is 18.2 Å². The molecule has 5 rings (SSSR count). The van der Waals surface area contributed by atoms with E-state index in [0.29, 0.717) is 35.9 Å². The molecular formula is C24H32N10O5. The third-order valence-electron chi connectivity index (χ3n) is 6.70. The highest BCUT2D eigenvalue weighted by molar-refractivity contribution is 5.84. The standard InChI is InChI=1S/C24H32N10O5/c1-4-13(5-2)29-21-17-22(31-24(30-21)25-7-6-14-10-33(3)11-26-14)34(12-27-17)23-19(36)18(35)20(38-23)16-8-15(9-28-37)32-39-16/h8-13,18-20,23,35-37H,4-7H2,1-3H3,(H2,25,29,30,31)/t18-,19+,20+,23+/m0/s1. The number of nitrogens with zero attached hydrogens (tertiary/aromatic N) is 8. The molecule has 5 N–H and O–H groups in total. The SMILES string of the molecule is CCC(CC)Nc1nc(NCCc2cn(C)cn2)nc2c1ncn2[C@@H]1O[C@H](c2cc(C=NO)no2)[C@@H](O)[C@H]1O. The van der Waals surface area contributed by atoms with Gasteiger partial charge in [0.2, 0.25) is 5.95 Å². The van der Waals surface area contributed by atoms with E-state index in [0.717, 1.165) is 24.8 Å². The normalized spacial score (nSPS) is 21.5. The summed E-state index contributed by atoms with van der Waals surface area (Å²) in [5.74, 6) is 1.10. The van der Waals surface area contributed by atoms with Crippen LogP contribution in [0.3, 0.4) is 0 Å². The Labute approximate surface area is 223 Å². The Bertz CT molecular complexity index is 1430. The lowest BCUT2D eigenvalue weighted by atomic mass is 10.1. The van der Waals surface area contributed by atoms with Gasteiger partial charge in [-0.3, -0.25) is 4.57 Å². The second kappa shape index (κ2) is 11.3. The van der Waals surface area contributed by atoms with Crippen molar-refractivity contribution in [1.29, 1.82) is 0 Å². The summed E-state index contributed by atoms with van der Waals surface area (Å²) < 4.78 is 14.7. The smallest absolute Gasteiger partial charge is 0.226 e. The van der Waals surface area contributed by atoms with Crippen molar-refractivity contribution in [2.45, 2.75) is 63.7 Å². The molecule has 0 saturated carbocycles. The molecule has 0 aromatic carbocycles. The van der Waals surface area contributed by atoms with E-state index < -0.39 is 24.5 Å². The molecule has 1 saturated heterocycles. The fourth-order valence-corrected chi connectivity index (χ4v) is 4.55. The largest absolute Gasteiger partial charge is 0.411 e. The maximum Gasteiger partial charge on any atom is 0.226 e. The Hall–Kier alpha value is -4.08. The average molecular weight is 541 g/mol. The number of aromatic nitrogens is 7. The molecule has 0 aliphatic carbocycles. The van der Waals surface area contributed by atoms with Gasteiger partial charge in [-0.1, -0.05) is 24.2 Å². The van der Waals surface area contributed by atoms with Crippen LogP contribution in [0.15, 0.2) is 34.6 Å². The maximum absolute atomic E-state index is 10.9. The third kappa shape index (κ3) is 5.41. The maximum atomic E-state index is 10.9. The van der Waals surface area contributed by atoms with E-state index in [1.807, 2.05) is 17.8 Å². The second-order valence-corrected chi connectivity index (χ2v) is 9.41. The Kier molecular flexibility index (Phi) is 7.72. The summed E-state index contributed by atoms with van der Waals surface area (Å²) in [6, 6.07) is 1.63. The van der Waals surface area contributed by atoms with E-state index in [9.17, 15) is 10.2 Å². The predicted octanol–water partition coefficient (Wildman–Crippen LogP) is 1.60. The van der Waals surface area contributed by atoms with Crippen molar-refractivity contribution in [3.05, 3.63) is 42.1 Å². The van der Waals surface area contributed by atoms with Crippen molar-refractivity contribution in [2.75, 3.05) is 17.2 Å². The van der Waals surface area contributed by atoms with E-state index in [2.05, 4.69) is 54.7 Å². The lowest BCUT2D eigenvalue weighted by Gasteiger charge is -2.18. The number of oxime groups is 1. The zero-order valence-electron chi connectivity index (χ0n) is 21.8. The van der Waals surface area contributed by atoms with Gasteiger partial charge in [-0.25, -0.2) is 9.97 Å². The third-order valence-corrected chi connectivity index (χ3v) is 6.70. The molecule has 4 aromatic heterocycles. The minimum absolute atomic E-state index is 0.172. The van der Waals surface area contributed by atoms with Crippen LogP contribution < -0.4 is 10.6 Å². The average Bonchev–Trinajstić information content (AvgIpc) is 3.71. The molecule has 5 heterocycles. The molecular weight excluding hydrogens is 508 g/mol. The lowest BCUT2D eigenvalue weighted by molar-refractivity contribution is -0.0433. The van der Waals surface area contributed by atoms with Crippen LogP contribution in [-0.4, -0.2) is 80.7 Å². The zero-order chi connectivity index (χ0) is 27.5. The number of imidazole rings is 2. The first-order valence-corrected chi connectivity index (χ1v) is 12.8. The number of rotatable bonds is 11. The van der Waals surface area contributed by atoms with Gasteiger partial charge in [0.15, 0.2) is 29.0 Å². The molecule has 0 amide bonds. The van der Waals surface area contributed by atoms with Gasteiger partial charge in [0, 0.05) is 38.3 Å². The molecule has 0 radical (unpaired) electrons. The topological polar surface area (TPSA) is 194 Å². The van der Waals surface area contributed by atoms with Gasteiger partial charge >= 0.3 is 0 Å². The van der Waals surface area contributed by atoms with Crippen LogP contribution >= 0.6 is 0 Å². The predicted molar refractivity (Wildman–Crippen MR) is 139 cm³/mol. The molecule has 1 aliphatic heterocycles. The van der Waals surface area contributed by atoms with Gasteiger partial charge in [-0.15, -0.1) is 0 Å². The van der Waals surface area contributed by atoms with Crippen molar-refractivity contribution < 1.29 is 24.7 Å². The van der Waals surface area contributed by atoms with Crippen molar-refractivity contribution in [1.82, 2.24) is 34.2 Å². The van der Waals surface area contributed by atoms with E-state index >= 15 is 0 Å². The monoisotopic (exact) mass is 540 g/mol. The van der Waals surface area contributed by atoms with E-state index in [1.165, 1.54) is 12.4 Å². The van der Waals surface area contributed by atoms with Crippen molar-refractivity contribution >= 4 is 29.1 Å². The number of aliphatic hydroxyl groups is 2. The zero-order valence-corrected chi connectivity index (χ0v) is 21.8. The summed E-state index contributed by atoms with van der Waals surface area (Å²) in [6.07, 6.45) is 4.07. The summed E-state index contributed by atoms with van der Waals surface area (Å²) in [7, 11) is 1.92. The number of fused-ring (bicyclic) bond motifs is 1. The molecule has 15 nitrogen and oxygen atoms in total. The lowest BCUT2D eigenvalue weighted by Crippen LogP contribution is -2.29. The van der Waals surface area contributed by atoms with Crippen LogP contribution in [0.5, 0.6) is 0 Å². The highest BCUT2D eigenvalue weighted by Gasteiger charge is 2.47. The molecule has 208 valence electrons. The Balaban J connectivity index is 1.45. The molecule has 0 spiro atoms. The number of hydrogen-bond acceptors (Lipinski definition) is 13. The Morgan fingerprint density at radius 3 is 2.69 bits per heavy atom.